The molecule has 0 bridgehead atoms. The van der Waals surface area contributed by atoms with E-state index in [0.717, 1.165) is 12.1 Å². The number of nitrogens with two attached hydrogens (primary N) is 1. The molecule has 5 nitrogen and oxygen atoms in total. The van der Waals surface area contributed by atoms with Crippen molar-refractivity contribution in [3.63, 3.8) is 0 Å². The lowest BCUT2D eigenvalue weighted by molar-refractivity contribution is 0.0501. The molecule has 1 aromatic rings. The molecular formula is C12H16F2N2O3S. The van der Waals surface area contributed by atoms with Crippen molar-refractivity contribution in [1.29, 1.82) is 0 Å². The second-order valence-electron chi connectivity index (χ2n) is 4.78. The Kier molecular flexibility index (Phi) is 4.38. The first-order valence-corrected chi connectivity index (χ1v) is 7.64. The number of hydrogen-bond donors (Lipinski definition) is 2. The van der Waals surface area contributed by atoms with Crippen molar-refractivity contribution in [2.45, 2.75) is 23.3 Å². The third kappa shape index (κ3) is 3.14. The zero-order valence-corrected chi connectivity index (χ0v) is 11.6. The van der Waals surface area contributed by atoms with Crippen LogP contribution in [0.25, 0.3) is 0 Å². The van der Waals surface area contributed by atoms with Crippen LogP contribution in [0.3, 0.4) is 0 Å². The zero-order valence-electron chi connectivity index (χ0n) is 10.7. The van der Waals surface area contributed by atoms with E-state index in [1.54, 1.807) is 0 Å². The summed E-state index contributed by atoms with van der Waals surface area (Å²) >= 11 is 0. The summed E-state index contributed by atoms with van der Waals surface area (Å²) in [6.45, 7) is 0.795. The highest BCUT2D eigenvalue weighted by molar-refractivity contribution is 7.89. The molecule has 1 fully saturated rings. The van der Waals surface area contributed by atoms with Crippen LogP contribution in [0.5, 0.6) is 0 Å². The molecule has 3 N–H and O–H groups in total. The number of sulfonamides is 1. The molecule has 1 aliphatic heterocycles. The average molecular weight is 306 g/mol. The number of rotatable bonds is 4. The van der Waals surface area contributed by atoms with E-state index in [1.807, 2.05) is 0 Å². The Hall–Kier alpha value is -1.09. The largest absolute Gasteiger partial charge is 0.381 e. The molecule has 0 aromatic heterocycles. The second-order valence-corrected chi connectivity index (χ2v) is 6.43. The number of nitrogens with one attached hydrogen (secondary N) is 1. The number of ether oxygens (including phenoxy) is 1. The minimum Gasteiger partial charge on any atom is -0.381 e. The van der Waals surface area contributed by atoms with Crippen molar-refractivity contribution in [2.24, 2.45) is 5.73 Å². The van der Waals surface area contributed by atoms with Crippen molar-refractivity contribution in [2.75, 3.05) is 19.8 Å². The third-order valence-electron chi connectivity index (χ3n) is 3.37. The lowest BCUT2D eigenvalue weighted by Crippen LogP contribution is -2.56. The fraction of sp³-hybridized carbons (Fsp3) is 0.500. The monoisotopic (exact) mass is 306 g/mol. The molecule has 112 valence electrons. The van der Waals surface area contributed by atoms with Crippen molar-refractivity contribution in [3.8, 4) is 0 Å². The maximum absolute atomic E-state index is 13.6. The summed E-state index contributed by atoms with van der Waals surface area (Å²) in [5.41, 5.74) is 4.76. The van der Waals surface area contributed by atoms with Crippen LogP contribution in [0.15, 0.2) is 23.1 Å². The Morgan fingerprint density at radius 3 is 2.55 bits per heavy atom. The molecular weight excluding hydrogens is 290 g/mol. The molecule has 1 heterocycles. The van der Waals surface area contributed by atoms with Crippen LogP contribution in [-0.2, 0) is 14.8 Å². The smallest absolute Gasteiger partial charge is 0.244 e. The summed E-state index contributed by atoms with van der Waals surface area (Å²) in [5, 5.41) is 0. The van der Waals surface area contributed by atoms with Gasteiger partial charge < -0.3 is 10.5 Å². The lowest BCUT2D eigenvalue weighted by Gasteiger charge is -2.36. The molecule has 1 aliphatic rings. The van der Waals surface area contributed by atoms with E-state index < -0.39 is 32.1 Å². The summed E-state index contributed by atoms with van der Waals surface area (Å²) in [5.74, 6) is -1.82. The molecule has 1 aromatic carbocycles. The fourth-order valence-corrected chi connectivity index (χ4v) is 3.69. The summed E-state index contributed by atoms with van der Waals surface area (Å²) in [6.07, 6.45) is 0.777. The molecule has 0 aliphatic carbocycles. The molecule has 0 spiro atoms. The fourth-order valence-electron chi connectivity index (χ4n) is 2.13. The highest BCUT2D eigenvalue weighted by Crippen LogP contribution is 2.24. The number of hydrogen-bond acceptors (Lipinski definition) is 4. The first-order valence-electron chi connectivity index (χ1n) is 6.15. The van der Waals surface area contributed by atoms with E-state index in [0.29, 0.717) is 32.1 Å². The van der Waals surface area contributed by atoms with Crippen LogP contribution >= 0.6 is 0 Å². The van der Waals surface area contributed by atoms with Gasteiger partial charge in [-0.3, -0.25) is 0 Å². The van der Waals surface area contributed by atoms with Gasteiger partial charge in [0.05, 0.1) is 0 Å². The SMILES string of the molecule is NCC1(NS(=O)(=O)c2cc(F)ccc2F)CCOCC1. The van der Waals surface area contributed by atoms with E-state index in [9.17, 15) is 17.2 Å². The van der Waals surface area contributed by atoms with Crippen molar-refractivity contribution >= 4 is 10.0 Å². The molecule has 0 unspecified atom stereocenters. The second kappa shape index (κ2) is 5.72. The zero-order chi connectivity index (χ0) is 14.8. The minimum absolute atomic E-state index is 0.0620. The Morgan fingerprint density at radius 1 is 1.30 bits per heavy atom. The Balaban J connectivity index is 2.32. The summed E-state index contributed by atoms with van der Waals surface area (Å²) in [7, 11) is -4.18. The van der Waals surface area contributed by atoms with Crippen LogP contribution in [0.1, 0.15) is 12.8 Å². The lowest BCUT2D eigenvalue weighted by atomic mass is 9.92. The van der Waals surface area contributed by atoms with Crippen molar-refractivity contribution in [3.05, 3.63) is 29.8 Å². The van der Waals surface area contributed by atoms with Gasteiger partial charge in [0.2, 0.25) is 10.0 Å². The first-order chi connectivity index (χ1) is 9.38. The topological polar surface area (TPSA) is 81.4 Å². The molecule has 0 radical (unpaired) electrons. The highest BCUT2D eigenvalue weighted by Gasteiger charge is 2.36. The van der Waals surface area contributed by atoms with E-state index in [1.165, 1.54) is 0 Å². The molecule has 0 atom stereocenters. The third-order valence-corrected chi connectivity index (χ3v) is 4.97. The quantitative estimate of drug-likeness (QED) is 0.860. The Labute approximate surface area is 116 Å². The standard InChI is InChI=1S/C12H16F2N2O3S/c13-9-1-2-10(14)11(7-9)20(17,18)16-12(8-15)3-5-19-6-4-12/h1-2,7,16H,3-6,8,15H2. The molecule has 2 rings (SSSR count). The summed E-state index contributed by atoms with van der Waals surface area (Å²) in [6, 6.07) is 2.30. The molecule has 8 heteroatoms. The van der Waals surface area contributed by atoms with Gasteiger partial charge in [-0.2, -0.15) is 0 Å². The van der Waals surface area contributed by atoms with Crippen LogP contribution < -0.4 is 10.5 Å². The van der Waals surface area contributed by atoms with E-state index in [-0.39, 0.29) is 6.54 Å². The van der Waals surface area contributed by atoms with Gasteiger partial charge in [0.15, 0.2) is 0 Å². The maximum Gasteiger partial charge on any atom is 0.244 e. The van der Waals surface area contributed by atoms with E-state index in [2.05, 4.69) is 4.72 Å². The van der Waals surface area contributed by atoms with Crippen molar-refractivity contribution < 1.29 is 21.9 Å². The Bertz CT molecular complexity index is 586. The van der Waals surface area contributed by atoms with Gasteiger partial charge in [-0.15, -0.1) is 0 Å². The van der Waals surface area contributed by atoms with Crippen molar-refractivity contribution in [1.82, 2.24) is 4.72 Å². The van der Waals surface area contributed by atoms with Crippen LogP contribution in [-0.4, -0.2) is 33.7 Å². The minimum atomic E-state index is -4.18. The molecule has 0 amide bonds. The maximum atomic E-state index is 13.6. The first kappa shape index (κ1) is 15.3. The predicted octanol–water partition coefficient (Wildman–Crippen LogP) is 0.751. The normalized spacial score (nSPS) is 18.9. The average Bonchev–Trinajstić information content (AvgIpc) is 2.42. The van der Waals surface area contributed by atoms with Gasteiger partial charge in [-0.25, -0.2) is 21.9 Å². The van der Waals surface area contributed by atoms with Crippen LogP contribution in [0, 0.1) is 11.6 Å². The number of benzene rings is 1. The van der Waals surface area contributed by atoms with Crippen LogP contribution in [0.2, 0.25) is 0 Å². The van der Waals surface area contributed by atoms with E-state index in [4.69, 9.17) is 10.5 Å². The Morgan fingerprint density at radius 2 is 1.95 bits per heavy atom. The molecule has 1 saturated heterocycles. The van der Waals surface area contributed by atoms with Gasteiger partial charge >= 0.3 is 0 Å². The van der Waals surface area contributed by atoms with Gasteiger partial charge in [0.1, 0.15) is 16.5 Å². The molecule has 0 saturated carbocycles. The highest BCUT2D eigenvalue weighted by atomic mass is 32.2. The van der Waals surface area contributed by atoms with Gasteiger partial charge in [0, 0.05) is 25.3 Å². The van der Waals surface area contributed by atoms with Crippen LogP contribution in [0.4, 0.5) is 8.78 Å². The van der Waals surface area contributed by atoms with Gasteiger partial charge in [0.25, 0.3) is 0 Å². The molecule has 20 heavy (non-hydrogen) atoms. The summed E-state index contributed by atoms with van der Waals surface area (Å²) in [4.78, 5) is -0.711. The predicted molar refractivity (Wildman–Crippen MR) is 68.5 cm³/mol. The van der Waals surface area contributed by atoms with Gasteiger partial charge in [-0.1, -0.05) is 0 Å². The van der Waals surface area contributed by atoms with Gasteiger partial charge in [-0.05, 0) is 31.0 Å². The summed E-state index contributed by atoms with van der Waals surface area (Å²) < 4.78 is 58.8. The van der Waals surface area contributed by atoms with E-state index >= 15 is 0 Å². The number of halogens is 2.